The van der Waals surface area contributed by atoms with Gasteiger partial charge in [-0.1, -0.05) is 12.1 Å². The van der Waals surface area contributed by atoms with Gasteiger partial charge in [0.15, 0.2) is 5.13 Å². The van der Waals surface area contributed by atoms with Crippen molar-refractivity contribution in [2.75, 3.05) is 37.8 Å². The number of likely N-dealkylation sites (N-methyl/N-ethyl adjacent to an activating group) is 1. The van der Waals surface area contributed by atoms with Gasteiger partial charge in [-0.25, -0.2) is 9.97 Å². The van der Waals surface area contributed by atoms with E-state index >= 15 is 0 Å². The number of benzene rings is 2. The Morgan fingerprint density at radius 3 is 2.63 bits per heavy atom. The molecule has 2 aromatic heterocycles. The molecule has 0 saturated heterocycles. The molecule has 0 radical (unpaired) electrons. The Bertz CT molecular complexity index is 1080. The second kappa shape index (κ2) is 9.11. The fourth-order valence-electron chi connectivity index (χ4n) is 3.13. The van der Waals surface area contributed by atoms with E-state index in [0.29, 0.717) is 0 Å². The van der Waals surface area contributed by atoms with Crippen molar-refractivity contribution in [3.05, 3.63) is 72.1 Å². The van der Waals surface area contributed by atoms with Crippen LogP contribution >= 0.6 is 11.3 Å². The van der Waals surface area contributed by atoms with Gasteiger partial charge in [0.2, 0.25) is 0 Å². The van der Waals surface area contributed by atoms with E-state index in [0.717, 1.165) is 46.5 Å². The summed E-state index contributed by atoms with van der Waals surface area (Å²) in [7, 11) is 4.16. The normalized spacial score (nSPS) is 11.1. The summed E-state index contributed by atoms with van der Waals surface area (Å²) in [5.41, 5.74) is 6.55. The first kappa shape index (κ1) is 20.1. The highest BCUT2D eigenvalue weighted by Crippen LogP contribution is 2.29. The number of anilines is 3. The van der Waals surface area contributed by atoms with E-state index in [-0.39, 0.29) is 0 Å². The van der Waals surface area contributed by atoms with Crippen LogP contribution < -0.4 is 10.6 Å². The van der Waals surface area contributed by atoms with Crippen molar-refractivity contribution >= 4 is 27.8 Å². The largest absolute Gasteiger partial charge is 0.384 e. The zero-order valence-corrected chi connectivity index (χ0v) is 18.3. The molecule has 0 atom stereocenters. The molecule has 2 heterocycles. The fourth-order valence-corrected chi connectivity index (χ4v) is 3.86. The third-order valence-electron chi connectivity index (χ3n) is 4.83. The van der Waals surface area contributed by atoms with Crippen LogP contribution in [0.2, 0.25) is 0 Å². The van der Waals surface area contributed by atoms with Crippen LogP contribution in [0.15, 0.2) is 66.6 Å². The predicted molar refractivity (Wildman–Crippen MR) is 126 cm³/mol. The van der Waals surface area contributed by atoms with Crippen LogP contribution in [0.3, 0.4) is 0 Å². The van der Waals surface area contributed by atoms with Crippen LogP contribution in [0.5, 0.6) is 0 Å². The minimum atomic E-state index is 0.889. The number of aryl methyl sites for hydroxylation is 1. The monoisotopic (exact) mass is 418 g/mol. The summed E-state index contributed by atoms with van der Waals surface area (Å²) in [6.07, 6.45) is 5.51. The van der Waals surface area contributed by atoms with Gasteiger partial charge >= 0.3 is 0 Å². The molecule has 2 N–H and O–H groups in total. The molecule has 4 rings (SSSR count). The Kier molecular flexibility index (Phi) is 6.11. The van der Waals surface area contributed by atoms with Crippen molar-refractivity contribution < 1.29 is 0 Å². The van der Waals surface area contributed by atoms with Gasteiger partial charge in [-0.3, -0.25) is 0 Å². The fraction of sp³-hybridized carbons (Fsp3) is 0.217. The van der Waals surface area contributed by atoms with E-state index in [1.165, 1.54) is 5.56 Å². The minimum Gasteiger partial charge on any atom is -0.384 e. The van der Waals surface area contributed by atoms with Gasteiger partial charge in [0.1, 0.15) is 0 Å². The average Bonchev–Trinajstić information content (AvgIpc) is 3.42. The number of nitrogens with zero attached hydrogens (tertiary/aromatic N) is 4. The molecule has 30 heavy (non-hydrogen) atoms. The Labute approximate surface area is 181 Å². The Hall–Kier alpha value is -3.16. The zero-order valence-electron chi connectivity index (χ0n) is 17.5. The predicted octanol–water partition coefficient (Wildman–Crippen LogP) is 5.02. The SMILES string of the molecule is Cc1cc(NCCN(C)C)ccc1Nc1nc(-c2ccc(-n3ccnc3)cc2)cs1. The molecular weight excluding hydrogens is 392 g/mol. The van der Waals surface area contributed by atoms with Crippen LogP contribution in [0.4, 0.5) is 16.5 Å². The third-order valence-corrected chi connectivity index (χ3v) is 5.58. The molecule has 0 fully saturated rings. The van der Waals surface area contributed by atoms with Crippen molar-refractivity contribution in [3.63, 3.8) is 0 Å². The van der Waals surface area contributed by atoms with E-state index < -0.39 is 0 Å². The minimum absolute atomic E-state index is 0.889. The average molecular weight is 419 g/mol. The maximum Gasteiger partial charge on any atom is 0.187 e. The molecule has 0 bridgehead atoms. The molecule has 0 aliphatic rings. The van der Waals surface area contributed by atoms with Crippen molar-refractivity contribution in [2.24, 2.45) is 0 Å². The molecule has 154 valence electrons. The maximum atomic E-state index is 4.77. The Morgan fingerprint density at radius 1 is 1.10 bits per heavy atom. The molecule has 0 amide bonds. The van der Waals surface area contributed by atoms with Gasteiger partial charge in [0.05, 0.1) is 12.0 Å². The lowest BCUT2D eigenvalue weighted by Gasteiger charge is -2.13. The number of hydrogen-bond acceptors (Lipinski definition) is 6. The molecule has 0 spiro atoms. The lowest BCUT2D eigenvalue weighted by atomic mass is 10.1. The molecular formula is C23H26N6S. The van der Waals surface area contributed by atoms with Gasteiger partial charge in [-0.15, -0.1) is 11.3 Å². The number of nitrogens with one attached hydrogen (secondary N) is 2. The van der Waals surface area contributed by atoms with E-state index in [4.69, 9.17) is 4.98 Å². The quantitative estimate of drug-likeness (QED) is 0.421. The Morgan fingerprint density at radius 2 is 1.93 bits per heavy atom. The Balaban J connectivity index is 1.42. The van der Waals surface area contributed by atoms with Gasteiger partial charge in [-0.2, -0.15) is 0 Å². The summed E-state index contributed by atoms with van der Waals surface area (Å²) in [6, 6.07) is 14.7. The molecule has 0 saturated carbocycles. The van der Waals surface area contributed by atoms with Gasteiger partial charge in [0.25, 0.3) is 0 Å². The smallest absolute Gasteiger partial charge is 0.187 e. The van der Waals surface area contributed by atoms with Crippen LogP contribution in [0.1, 0.15) is 5.56 Å². The summed E-state index contributed by atoms with van der Waals surface area (Å²) in [4.78, 5) is 11.0. The van der Waals surface area contributed by atoms with Crippen molar-refractivity contribution in [3.8, 4) is 16.9 Å². The van der Waals surface area contributed by atoms with E-state index in [9.17, 15) is 0 Å². The van der Waals surface area contributed by atoms with Gasteiger partial charge < -0.3 is 20.1 Å². The standard InChI is InChI=1S/C23H26N6S/c1-17-14-19(25-11-12-28(2)3)6-9-21(17)26-23-27-22(15-30-23)18-4-7-20(8-5-18)29-13-10-24-16-29/h4-10,13-16,25H,11-12H2,1-3H3,(H,26,27). The molecule has 0 unspecified atom stereocenters. The second-order valence-corrected chi connectivity index (χ2v) is 8.30. The number of imidazole rings is 1. The third kappa shape index (κ3) is 4.87. The second-order valence-electron chi connectivity index (χ2n) is 7.44. The first-order valence-electron chi connectivity index (χ1n) is 9.89. The molecule has 0 aliphatic carbocycles. The van der Waals surface area contributed by atoms with Crippen LogP contribution in [-0.4, -0.2) is 46.6 Å². The van der Waals surface area contributed by atoms with Crippen molar-refractivity contribution in [1.82, 2.24) is 19.4 Å². The van der Waals surface area contributed by atoms with E-state index in [1.54, 1.807) is 23.9 Å². The molecule has 4 aromatic rings. The number of aromatic nitrogens is 3. The van der Waals surface area contributed by atoms with Crippen LogP contribution in [0, 0.1) is 6.92 Å². The highest BCUT2D eigenvalue weighted by Gasteiger charge is 2.07. The van der Waals surface area contributed by atoms with Crippen molar-refractivity contribution in [2.45, 2.75) is 6.92 Å². The lowest BCUT2D eigenvalue weighted by Crippen LogP contribution is -2.20. The highest BCUT2D eigenvalue weighted by molar-refractivity contribution is 7.14. The zero-order chi connectivity index (χ0) is 20.9. The lowest BCUT2D eigenvalue weighted by molar-refractivity contribution is 0.425. The van der Waals surface area contributed by atoms with Crippen LogP contribution in [0.25, 0.3) is 16.9 Å². The van der Waals surface area contributed by atoms with Crippen molar-refractivity contribution in [1.29, 1.82) is 0 Å². The van der Waals surface area contributed by atoms with Gasteiger partial charge in [-0.05, 0) is 56.9 Å². The molecule has 7 heteroatoms. The number of rotatable bonds is 8. The van der Waals surface area contributed by atoms with Crippen LogP contribution in [-0.2, 0) is 0 Å². The molecule has 0 aliphatic heterocycles. The first-order valence-corrected chi connectivity index (χ1v) is 10.8. The summed E-state index contributed by atoms with van der Waals surface area (Å²) < 4.78 is 1.99. The van der Waals surface area contributed by atoms with E-state index in [2.05, 4.69) is 89.4 Å². The number of thiazole rings is 1. The summed E-state index contributed by atoms with van der Waals surface area (Å²) in [5.74, 6) is 0. The topological polar surface area (TPSA) is 58.0 Å². The van der Waals surface area contributed by atoms with Gasteiger partial charge in [0, 0.05) is 53.5 Å². The molecule has 2 aromatic carbocycles. The first-order chi connectivity index (χ1) is 14.6. The maximum absolute atomic E-state index is 4.77. The molecule has 6 nitrogen and oxygen atoms in total. The summed E-state index contributed by atoms with van der Waals surface area (Å²) in [6.45, 7) is 4.04. The summed E-state index contributed by atoms with van der Waals surface area (Å²) in [5, 5.41) is 9.89. The summed E-state index contributed by atoms with van der Waals surface area (Å²) >= 11 is 1.61. The van der Waals surface area contributed by atoms with E-state index in [1.807, 2.05) is 10.8 Å². The highest BCUT2D eigenvalue weighted by atomic mass is 32.1. The number of hydrogen-bond donors (Lipinski definition) is 2.